The summed E-state index contributed by atoms with van der Waals surface area (Å²) >= 11 is 7.06. The minimum Gasteiger partial charge on any atom is -0.450 e. The number of rotatable bonds is 4. The maximum absolute atomic E-state index is 12.5. The summed E-state index contributed by atoms with van der Waals surface area (Å²) in [5, 5.41) is 14.5. The van der Waals surface area contributed by atoms with Crippen LogP contribution in [-0.4, -0.2) is 34.7 Å². The SMILES string of the molecule is CCOC(=O)NC(=O)c1ccsc1NC(=O)c1n[nH]c2cc(Cl)ccc12. The van der Waals surface area contributed by atoms with Gasteiger partial charge < -0.3 is 10.1 Å². The number of hydrogen-bond acceptors (Lipinski definition) is 6. The lowest BCUT2D eigenvalue weighted by molar-refractivity contribution is 0.0926. The fourth-order valence-electron chi connectivity index (χ4n) is 2.24. The number of imide groups is 1. The Morgan fingerprint density at radius 1 is 1.27 bits per heavy atom. The Morgan fingerprint density at radius 2 is 2.08 bits per heavy atom. The lowest BCUT2D eigenvalue weighted by Crippen LogP contribution is -2.31. The van der Waals surface area contributed by atoms with E-state index in [1.807, 2.05) is 0 Å². The van der Waals surface area contributed by atoms with Crippen LogP contribution < -0.4 is 10.6 Å². The van der Waals surface area contributed by atoms with E-state index in [-0.39, 0.29) is 17.9 Å². The average molecular weight is 393 g/mol. The molecule has 26 heavy (non-hydrogen) atoms. The molecule has 0 radical (unpaired) electrons. The van der Waals surface area contributed by atoms with E-state index < -0.39 is 17.9 Å². The van der Waals surface area contributed by atoms with Crippen LogP contribution in [0.15, 0.2) is 29.6 Å². The molecule has 0 fully saturated rings. The van der Waals surface area contributed by atoms with Crippen molar-refractivity contribution < 1.29 is 19.1 Å². The third-order valence-electron chi connectivity index (χ3n) is 3.37. The van der Waals surface area contributed by atoms with Crippen molar-refractivity contribution in [3.05, 3.63) is 45.9 Å². The van der Waals surface area contributed by atoms with Gasteiger partial charge in [0.2, 0.25) is 0 Å². The Hall–Kier alpha value is -2.91. The summed E-state index contributed by atoms with van der Waals surface area (Å²) in [6.45, 7) is 1.77. The second-order valence-corrected chi connectivity index (χ2v) is 6.41. The molecule has 0 aliphatic rings. The molecule has 0 unspecified atom stereocenters. The zero-order valence-corrected chi connectivity index (χ0v) is 15.0. The molecule has 0 saturated carbocycles. The van der Waals surface area contributed by atoms with Crippen molar-refractivity contribution in [3.8, 4) is 0 Å². The summed E-state index contributed by atoms with van der Waals surface area (Å²) in [7, 11) is 0. The van der Waals surface area contributed by atoms with Crippen LogP contribution in [0.2, 0.25) is 5.02 Å². The molecule has 3 N–H and O–H groups in total. The number of carbonyl (C=O) groups excluding carboxylic acids is 3. The summed E-state index contributed by atoms with van der Waals surface area (Å²) in [5.41, 5.74) is 0.940. The van der Waals surface area contributed by atoms with Crippen LogP contribution in [-0.2, 0) is 4.74 Å². The lowest BCUT2D eigenvalue weighted by Gasteiger charge is -2.06. The van der Waals surface area contributed by atoms with E-state index in [1.165, 1.54) is 6.07 Å². The van der Waals surface area contributed by atoms with Gasteiger partial charge >= 0.3 is 6.09 Å². The standard InChI is InChI=1S/C16H13ClN4O4S/c1-2-25-16(24)19-13(22)10-5-6-26-15(10)18-14(23)12-9-4-3-8(17)7-11(9)20-21-12/h3-7H,2H2,1H3,(H,18,23)(H,20,21)(H,19,22,24). The van der Waals surface area contributed by atoms with Crippen molar-refractivity contribution in [2.45, 2.75) is 6.92 Å². The maximum Gasteiger partial charge on any atom is 0.414 e. The van der Waals surface area contributed by atoms with Crippen molar-refractivity contribution in [2.75, 3.05) is 11.9 Å². The molecule has 10 heteroatoms. The zero-order valence-electron chi connectivity index (χ0n) is 13.5. The fraction of sp³-hybridized carbons (Fsp3) is 0.125. The Labute approximate surface area is 156 Å². The summed E-state index contributed by atoms with van der Waals surface area (Å²) < 4.78 is 4.67. The second-order valence-electron chi connectivity index (χ2n) is 5.05. The Kier molecular flexibility index (Phi) is 5.19. The molecular weight excluding hydrogens is 380 g/mol. The van der Waals surface area contributed by atoms with Gasteiger partial charge in [-0.15, -0.1) is 11.3 Å². The third kappa shape index (κ3) is 3.68. The van der Waals surface area contributed by atoms with Crippen LogP contribution in [0.4, 0.5) is 9.80 Å². The van der Waals surface area contributed by atoms with Crippen molar-refractivity contribution >= 4 is 56.7 Å². The Bertz CT molecular complexity index is 997. The van der Waals surface area contributed by atoms with Crippen LogP contribution >= 0.6 is 22.9 Å². The van der Waals surface area contributed by atoms with Crippen LogP contribution in [0.3, 0.4) is 0 Å². The largest absolute Gasteiger partial charge is 0.450 e. The highest BCUT2D eigenvalue weighted by atomic mass is 35.5. The van der Waals surface area contributed by atoms with E-state index in [9.17, 15) is 14.4 Å². The molecule has 0 saturated heterocycles. The molecule has 0 spiro atoms. The van der Waals surface area contributed by atoms with Crippen molar-refractivity contribution in [2.24, 2.45) is 0 Å². The smallest absolute Gasteiger partial charge is 0.414 e. The normalized spacial score (nSPS) is 10.5. The van der Waals surface area contributed by atoms with Crippen LogP contribution in [0.1, 0.15) is 27.8 Å². The maximum atomic E-state index is 12.5. The van der Waals surface area contributed by atoms with Gasteiger partial charge in [-0.3, -0.25) is 20.0 Å². The number of halogens is 1. The minimum atomic E-state index is -0.851. The van der Waals surface area contributed by atoms with E-state index in [0.717, 1.165) is 11.3 Å². The van der Waals surface area contributed by atoms with Gasteiger partial charge in [-0.2, -0.15) is 5.10 Å². The topological polar surface area (TPSA) is 113 Å². The Balaban J connectivity index is 1.79. The van der Waals surface area contributed by atoms with E-state index in [4.69, 9.17) is 11.6 Å². The highest BCUT2D eigenvalue weighted by Crippen LogP contribution is 2.25. The van der Waals surface area contributed by atoms with Gasteiger partial charge in [0.05, 0.1) is 17.7 Å². The number of carbonyl (C=O) groups is 3. The van der Waals surface area contributed by atoms with Gasteiger partial charge in [-0.25, -0.2) is 4.79 Å². The van der Waals surface area contributed by atoms with Gasteiger partial charge in [0.15, 0.2) is 5.69 Å². The average Bonchev–Trinajstić information content (AvgIpc) is 3.21. The van der Waals surface area contributed by atoms with E-state index in [2.05, 4.69) is 25.6 Å². The van der Waals surface area contributed by atoms with Crippen LogP contribution in [0.5, 0.6) is 0 Å². The molecular formula is C16H13ClN4O4S. The van der Waals surface area contributed by atoms with Gasteiger partial charge in [0.25, 0.3) is 11.8 Å². The Morgan fingerprint density at radius 3 is 2.85 bits per heavy atom. The predicted molar refractivity (Wildman–Crippen MR) is 97.9 cm³/mol. The molecule has 2 aromatic heterocycles. The number of H-pyrrole nitrogens is 1. The molecule has 134 valence electrons. The second kappa shape index (κ2) is 7.54. The first-order valence-corrected chi connectivity index (χ1v) is 8.76. The summed E-state index contributed by atoms with van der Waals surface area (Å²) in [4.78, 5) is 36.0. The van der Waals surface area contributed by atoms with Gasteiger partial charge in [-0.05, 0) is 36.6 Å². The molecule has 0 aliphatic carbocycles. The number of ether oxygens (including phenoxy) is 1. The summed E-state index contributed by atoms with van der Waals surface area (Å²) in [6.07, 6.45) is -0.851. The number of nitrogens with one attached hydrogen (secondary N) is 3. The molecule has 8 nitrogen and oxygen atoms in total. The summed E-state index contributed by atoms with van der Waals surface area (Å²) in [5.74, 6) is -1.16. The molecule has 0 bridgehead atoms. The van der Waals surface area contributed by atoms with Crippen molar-refractivity contribution in [1.82, 2.24) is 15.5 Å². The van der Waals surface area contributed by atoms with Gasteiger partial charge in [0, 0.05) is 10.4 Å². The third-order valence-corrected chi connectivity index (χ3v) is 4.43. The molecule has 1 aromatic carbocycles. The number of aromatic nitrogens is 2. The number of amides is 3. The van der Waals surface area contributed by atoms with E-state index >= 15 is 0 Å². The number of hydrogen-bond donors (Lipinski definition) is 3. The minimum absolute atomic E-state index is 0.141. The van der Waals surface area contributed by atoms with Gasteiger partial charge in [-0.1, -0.05) is 11.6 Å². The molecule has 3 aromatic rings. The summed E-state index contributed by atoms with van der Waals surface area (Å²) in [6, 6.07) is 6.49. The number of aromatic amines is 1. The number of benzene rings is 1. The number of alkyl carbamates (subject to hydrolysis) is 1. The number of nitrogens with zero attached hydrogens (tertiary/aromatic N) is 1. The quantitative estimate of drug-likeness (QED) is 0.629. The fourth-order valence-corrected chi connectivity index (χ4v) is 3.19. The van der Waals surface area contributed by atoms with E-state index in [1.54, 1.807) is 30.5 Å². The molecule has 3 amide bonds. The van der Waals surface area contributed by atoms with Crippen molar-refractivity contribution in [1.29, 1.82) is 0 Å². The zero-order chi connectivity index (χ0) is 18.7. The van der Waals surface area contributed by atoms with Gasteiger partial charge in [0.1, 0.15) is 5.00 Å². The predicted octanol–water partition coefficient (Wildman–Crippen LogP) is 3.42. The highest BCUT2D eigenvalue weighted by Gasteiger charge is 2.20. The molecule has 0 aliphatic heterocycles. The molecule has 0 atom stereocenters. The highest BCUT2D eigenvalue weighted by molar-refractivity contribution is 7.14. The molecule has 3 rings (SSSR count). The first-order valence-electron chi connectivity index (χ1n) is 7.50. The number of thiophene rings is 1. The number of anilines is 1. The van der Waals surface area contributed by atoms with Crippen LogP contribution in [0.25, 0.3) is 10.9 Å². The van der Waals surface area contributed by atoms with E-state index in [0.29, 0.717) is 20.9 Å². The van der Waals surface area contributed by atoms with Crippen molar-refractivity contribution in [3.63, 3.8) is 0 Å². The molecule has 2 heterocycles. The monoisotopic (exact) mass is 392 g/mol. The van der Waals surface area contributed by atoms with Crippen LogP contribution in [0, 0.1) is 0 Å². The number of fused-ring (bicyclic) bond motifs is 1. The first-order chi connectivity index (χ1) is 12.5. The lowest BCUT2D eigenvalue weighted by atomic mass is 10.2. The first kappa shape index (κ1) is 17.9.